The topological polar surface area (TPSA) is 74.0 Å². The molecule has 186 valence electrons. The summed E-state index contributed by atoms with van der Waals surface area (Å²) in [7, 11) is 0. The normalized spacial score (nSPS) is 13.6. The third kappa shape index (κ3) is 5.58. The van der Waals surface area contributed by atoms with Crippen molar-refractivity contribution in [2.24, 2.45) is 0 Å². The molecule has 0 bridgehead atoms. The molecule has 0 fully saturated rings. The number of pyridine rings is 1. The van der Waals surface area contributed by atoms with Gasteiger partial charge in [0.15, 0.2) is 0 Å². The molecule has 1 aliphatic rings. The molecule has 4 aromatic rings. The Labute approximate surface area is 233 Å². The van der Waals surface area contributed by atoms with Crippen LogP contribution in [0, 0.1) is 11.3 Å². The molecule has 6 nitrogen and oxygen atoms in total. The van der Waals surface area contributed by atoms with Crippen LogP contribution in [0.3, 0.4) is 0 Å². The smallest absolute Gasteiger partial charge is 0.326 e. The van der Waals surface area contributed by atoms with Crippen molar-refractivity contribution in [1.82, 2.24) is 19.8 Å². The molecular formula is C28H22BrCl2N5O. The lowest BCUT2D eigenvalue weighted by molar-refractivity contribution is 0.240. The van der Waals surface area contributed by atoms with Gasteiger partial charge in [-0.3, -0.25) is 9.47 Å². The molecule has 0 atom stereocenters. The fraction of sp³-hybridized carbons (Fsp3) is 0.179. The van der Waals surface area contributed by atoms with Gasteiger partial charge in [0.05, 0.1) is 22.2 Å². The predicted octanol–water partition coefficient (Wildman–Crippen LogP) is 6.81. The summed E-state index contributed by atoms with van der Waals surface area (Å²) in [6, 6.07) is 16.9. The number of rotatable bonds is 5. The zero-order valence-electron chi connectivity index (χ0n) is 19.7. The lowest BCUT2D eigenvalue weighted by atomic mass is 10.0. The summed E-state index contributed by atoms with van der Waals surface area (Å²) < 4.78 is 2.62. The highest BCUT2D eigenvalue weighted by Crippen LogP contribution is 2.32. The van der Waals surface area contributed by atoms with Gasteiger partial charge in [0.25, 0.3) is 0 Å². The van der Waals surface area contributed by atoms with E-state index in [0.29, 0.717) is 28.8 Å². The SMILES string of the molecule is N#Cc1ccc2c(c1)c1c(n2C(=O)NCc2ccnc(Cl)c2)CCN(CC=Cc2ccc(Cl)c(Br)c2)C1. The van der Waals surface area contributed by atoms with Crippen molar-refractivity contribution < 1.29 is 4.79 Å². The maximum absolute atomic E-state index is 13.4. The number of hydrogen-bond acceptors (Lipinski definition) is 4. The molecule has 2 aromatic heterocycles. The first-order valence-corrected chi connectivity index (χ1v) is 13.3. The second-order valence-corrected chi connectivity index (χ2v) is 10.5. The number of hydrogen-bond donors (Lipinski definition) is 1. The number of halogens is 3. The van der Waals surface area contributed by atoms with Crippen molar-refractivity contribution in [3.63, 3.8) is 0 Å². The highest BCUT2D eigenvalue weighted by Gasteiger charge is 2.26. The number of fused-ring (bicyclic) bond motifs is 3. The first-order valence-electron chi connectivity index (χ1n) is 11.7. The third-order valence-corrected chi connectivity index (χ3v) is 7.83. The minimum absolute atomic E-state index is 0.203. The van der Waals surface area contributed by atoms with Crippen molar-refractivity contribution in [2.45, 2.75) is 19.5 Å². The minimum Gasteiger partial charge on any atom is -0.333 e. The van der Waals surface area contributed by atoms with E-state index < -0.39 is 0 Å². The largest absolute Gasteiger partial charge is 0.333 e. The van der Waals surface area contributed by atoms with Gasteiger partial charge < -0.3 is 5.32 Å². The number of carbonyl (C=O) groups is 1. The van der Waals surface area contributed by atoms with Gasteiger partial charge in [-0.25, -0.2) is 9.78 Å². The van der Waals surface area contributed by atoms with Gasteiger partial charge in [0.2, 0.25) is 0 Å². The second kappa shape index (κ2) is 11.1. The Balaban J connectivity index is 1.39. The van der Waals surface area contributed by atoms with Gasteiger partial charge in [0, 0.05) is 54.3 Å². The zero-order chi connectivity index (χ0) is 25.9. The first kappa shape index (κ1) is 25.5. The van der Waals surface area contributed by atoms with Crippen LogP contribution in [0.5, 0.6) is 0 Å². The molecule has 37 heavy (non-hydrogen) atoms. The number of nitrogens with zero attached hydrogens (tertiary/aromatic N) is 4. The van der Waals surface area contributed by atoms with Crippen molar-refractivity contribution in [2.75, 3.05) is 13.1 Å². The average molecular weight is 595 g/mol. The van der Waals surface area contributed by atoms with Gasteiger partial charge in [-0.15, -0.1) is 0 Å². The van der Waals surface area contributed by atoms with Crippen LogP contribution in [-0.4, -0.2) is 33.6 Å². The predicted molar refractivity (Wildman–Crippen MR) is 151 cm³/mol. The van der Waals surface area contributed by atoms with Gasteiger partial charge in [-0.1, -0.05) is 41.4 Å². The van der Waals surface area contributed by atoms with E-state index in [1.54, 1.807) is 22.9 Å². The van der Waals surface area contributed by atoms with Crippen LogP contribution in [0.1, 0.15) is 27.9 Å². The molecule has 0 unspecified atom stereocenters. The number of carbonyl (C=O) groups excluding carboxylic acids is 1. The highest BCUT2D eigenvalue weighted by atomic mass is 79.9. The quantitative estimate of drug-likeness (QED) is 0.258. The summed E-state index contributed by atoms with van der Waals surface area (Å²) in [5.74, 6) is 0. The molecule has 0 radical (unpaired) electrons. The van der Waals surface area contributed by atoms with E-state index in [-0.39, 0.29) is 6.03 Å². The Morgan fingerprint density at radius 2 is 2.05 bits per heavy atom. The van der Waals surface area contributed by atoms with E-state index in [1.165, 1.54) is 0 Å². The zero-order valence-corrected chi connectivity index (χ0v) is 22.8. The molecule has 2 aromatic carbocycles. The average Bonchev–Trinajstić information content (AvgIpc) is 3.22. The Kier molecular flexibility index (Phi) is 7.63. The summed E-state index contributed by atoms with van der Waals surface area (Å²) in [6.07, 6.45) is 6.55. The van der Waals surface area contributed by atoms with Crippen molar-refractivity contribution in [3.8, 4) is 6.07 Å². The summed E-state index contributed by atoms with van der Waals surface area (Å²) in [5.41, 5.74) is 5.38. The van der Waals surface area contributed by atoms with Gasteiger partial charge in [-0.05, 0) is 75.1 Å². The van der Waals surface area contributed by atoms with Gasteiger partial charge in [-0.2, -0.15) is 5.26 Å². The van der Waals surface area contributed by atoms with Gasteiger partial charge in [0.1, 0.15) is 5.15 Å². The van der Waals surface area contributed by atoms with Crippen molar-refractivity contribution in [1.29, 1.82) is 5.26 Å². The standard InChI is InChI=1S/C28H22BrCl2N5O/c29-23-13-18(3-5-24(23)30)2-1-10-35-11-8-26-22(17-35)21-12-19(15-32)4-6-25(21)36(26)28(37)34-16-20-7-9-33-27(31)14-20/h1-7,9,12-14H,8,10-11,16-17H2,(H,34,37). The van der Waals surface area contributed by atoms with Gasteiger partial charge >= 0.3 is 6.03 Å². The molecule has 1 aliphatic heterocycles. The molecular weight excluding hydrogens is 573 g/mol. The molecule has 1 amide bonds. The lowest BCUT2D eigenvalue weighted by Gasteiger charge is -2.27. The number of amides is 1. The van der Waals surface area contributed by atoms with E-state index in [1.807, 2.05) is 36.4 Å². The molecule has 0 aliphatic carbocycles. The highest BCUT2D eigenvalue weighted by molar-refractivity contribution is 9.10. The van der Waals surface area contributed by atoms with E-state index in [4.69, 9.17) is 23.2 Å². The molecule has 9 heteroatoms. The maximum Gasteiger partial charge on any atom is 0.326 e. The van der Waals surface area contributed by atoms with Crippen LogP contribution in [0.15, 0.2) is 65.3 Å². The minimum atomic E-state index is -0.203. The van der Waals surface area contributed by atoms with E-state index >= 15 is 0 Å². The van der Waals surface area contributed by atoms with Crippen LogP contribution in [-0.2, 0) is 19.5 Å². The Bertz CT molecular complexity index is 1570. The lowest BCUT2D eigenvalue weighted by Crippen LogP contribution is -2.34. The third-order valence-electron chi connectivity index (χ3n) is 6.41. The maximum atomic E-state index is 13.4. The summed E-state index contributed by atoms with van der Waals surface area (Å²) >= 11 is 15.6. The second-order valence-electron chi connectivity index (χ2n) is 8.81. The molecule has 3 heterocycles. The summed E-state index contributed by atoms with van der Waals surface area (Å²) in [5, 5.41) is 14.5. The first-order chi connectivity index (χ1) is 17.9. The monoisotopic (exact) mass is 593 g/mol. The Hall–Kier alpha value is -3.15. The van der Waals surface area contributed by atoms with Crippen molar-refractivity contribution >= 4 is 62.1 Å². The molecule has 5 rings (SSSR count). The molecule has 0 spiro atoms. The van der Waals surface area contributed by atoms with Crippen LogP contribution < -0.4 is 5.32 Å². The van der Waals surface area contributed by atoms with Crippen LogP contribution in [0.2, 0.25) is 10.2 Å². The Morgan fingerprint density at radius 1 is 1.19 bits per heavy atom. The summed E-state index contributed by atoms with van der Waals surface area (Å²) in [6.45, 7) is 2.61. The van der Waals surface area contributed by atoms with Crippen LogP contribution in [0.4, 0.5) is 4.79 Å². The van der Waals surface area contributed by atoms with E-state index in [9.17, 15) is 10.1 Å². The van der Waals surface area contributed by atoms with Crippen LogP contribution in [0.25, 0.3) is 17.0 Å². The van der Waals surface area contributed by atoms with E-state index in [0.717, 1.165) is 57.3 Å². The fourth-order valence-electron chi connectivity index (χ4n) is 4.63. The number of benzene rings is 2. The number of aromatic nitrogens is 2. The Morgan fingerprint density at radius 3 is 2.84 bits per heavy atom. The number of nitriles is 1. The van der Waals surface area contributed by atoms with E-state index in [2.05, 4.69) is 49.4 Å². The molecule has 0 saturated heterocycles. The van der Waals surface area contributed by atoms with Crippen LogP contribution >= 0.6 is 39.1 Å². The molecule has 1 N–H and O–H groups in total. The van der Waals surface area contributed by atoms with Crippen molar-refractivity contribution in [3.05, 3.63) is 103 Å². The fourth-order valence-corrected chi connectivity index (χ4v) is 5.35. The molecule has 0 saturated carbocycles. The summed E-state index contributed by atoms with van der Waals surface area (Å²) in [4.78, 5) is 19.7. The number of nitrogens with one attached hydrogen (secondary N) is 1.